The summed E-state index contributed by atoms with van der Waals surface area (Å²) >= 11 is 0. The molecular weight excluding hydrogens is 687 g/mol. The maximum Gasteiger partial charge on any atom is 0.0462 e. The van der Waals surface area contributed by atoms with Crippen LogP contribution in [0.15, 0.2) is 237 Å². The van der Waals surface area contributed by atoms with Gasteiger partial charge in [-0.05, 0) is 120 Å². The van der Waals surface area contributed by atoms with Gasteiger partial charge in [-0.25, -0.2) is 0 Å². The third-order valence-corrected chi connectivity index (χ3v) is 11.1. The van der Waals surface area contributed by atoms with Crippen molar-refractivity contribution in [2.75, 3.05) is 4.90 Å². The van der Waals surface area contributed by atoms with Gasteiger partial charge in [0.15, 0.2) is 0 Å². The van der Waals surface area contributed by atoms with E-state index in [1.165, 1.54) is 77.2 Å². The second-order valence-corrected chi connectivity index (χ2v) is 14.6. The Morgan fingerprint density at radius 1 is 0.228 bits per heavy atom. The molecule has 10 rings (SSSR count). The molecule has 0 aromatic heterocycles. The second kappa shape index (κ2) is 15.0. The number of hydrogen-bond acceptors (Lipinski definition) is 1. The maximum atomic E-state index is 2.35. The van der Waals surface area contributed by atoms with Crippen LogP contribution in [-0.4, -0.2) is 0 Å². The van der Waals surface area contributed by atoms with Gasteiger partial charge in [0.1, 0.15) is 0 Å². The Hall–Kier alpha value is -7.48. The largest absolute Gasteiger partial charge is 0.311 e. The molecule has 0 atom stereocenters. The lowest BCUT2D eigenvalue weighted by Gasteiger charge is -2.26. The number of hydrogen-bond donors (Lipinski definition) is 0. The first-order valence-corrected chi connectivity index (χ1v) is 19.6. The molecule has 1 nitrogen and oxygen atoms in total. The highest BCUT2D eigenvalue weighted by Gasteiger charge is 2.16. The average molecular weight is 726 g/mol. The first-order valence-electron chi connectivity index (χ1n) is 19.6. The van der Waals surface area contributed by atoms with Crippen molar-refractivity contribution < 1.29 is 0 Å². The van der Waals surface area contributed by atoms with Gasteiger partial charge >= 0.3 is 0 Å². The van der Waals surface area contributed by atoms with Crippen LogP contribution in [0, 0.1) is 0 Å². The van der Waals surface area contributed by atoms with Crippen LogP contribution >= 0.6 is 0 Å². The van der Waals surface area contributed by atoms with Crippen molar-refractivity contribution in [3.63, 3.8) is 0 Å². The molecule has 0 unspecified atom stereocenters. The lowest BCUT2D eigenvalue weighted by Crippen LogP contribution is -2.09. The van der Waals surface area contributed by atoms with E-state index in [2.05, 4.69) is 241 Å². The van der Waals surface area contributed by atoms with Crippen LogP contribution in [-0.2, 0) is 0 Å². The van der Waals surface area contributed by atoms with E-state index >= 15 is 0 Å². The van der Waals surface area contributed by atoms with Gasteiger partial charge in [-0.3, -0.25) is 0 Å². The molecule has 268 valence electrons. The molecule has 0 fully saturated rings. The molecule has 10 aromatic carbocycles. The van der Waals surface area contributed by atoms with Crippen molar-refractivity contribution >= 4 is 38.6 Å². The molecule has 0 aliphatic carbocycles. The third-order valence-electron chi connectivity index (χ3n) is 11.1. The predicted octanol–water partition coefficient (Wildman–Crippen LogP) is 15.8. The van der Waals surface area contributed by atoms with Crippen LogP contribution in [0.2, 0.25) is 0 Å². The first-order chi connectivity index (χ1) is 28.2. The smallest absolute Gasteiger partial charge is 0.0462 e. The van der Waals surface area contributed by atoms with Crippen molar-refractivity contribution in [3.8, 4) is 55.6 Å². The molecule has 0 saturated heterocycles. The van der Waals surface area contributed by atoms with Crippen LogP contribution in [0.4, 0.5) is 17.1 Å². The van der Waals surface area contributed by atoms with Crippen LogP contribution in [0.25, 0.3) is 77.2 Å². The Morgan fingerprint density at radius 3 is 1.19 bits per heavy atom. The highest BCUT2D eigenvalue weighted by molar-refractivity contribution is 6.04. The topological polar surface area (TPSA) is 3.24 Å². The molecule has 0 spiro atoms. The number of benzene rings is 10. The van der Waals surface area contributed by atoms with Crippen LogP contribution in [0.1, 0.15) is 0 Å². The Kier molecular flexibility index (Phi) is 8.95. The number of rotatable bonds is 8. The fourth-order valence-corrected chi connectivity index (χ4v) is 8.13. The standard InChI is InChI=1S/C56H39N/c1-3-11-40(12-4-1)43-25-32-51(33-26-43)57(52-34-27-44(28-35-52)42-19-21-45(22-20-42)50-24-23-41-13-7-8-17-49(41)39-50)53-36-29-47(30-37-53)55-38-31-46-14-9-10-18-54(46)56(55)48-15-5-2-6-16-48/h1-39H. The summed E-state index contributed by atoms with van der Waals surface area (Å²) in [6.45, 7) is 0. The Labute approximate surface area is 334 Å². The molecule has 57 heavy (non-hydrogen) atoms. The van der Waals surface area contributed by atoms with Crippen molar-refractivity contribution in [2.24, 2.45) is 0 Å². The normalized spacial score (nSPS) is 11.2. The molecular formula is C56H39N. The Balaban J connectivity index is 1.00. The van der Waals surface area contributed by atoms with Crippen LogP contribution in [0.3, 0.4) is 0 Å². The minimum atomic E-state index is 1.10. The van der Waals surface area contributed by atoms with Crippen LogP contribution < -0.4 is 4.90 Å². The van der Waals surface area contributed by atoms with Crippen molar-refractivity contribution in [3.05, 3.63) is 237 Å². The molecule has 0 amide bonds. The summed E-state index contributed by atoms with van der Waals surface area (Å²) in [5.41, 5.74) is 15.4. The summed E-state index contributed by atoms with van der Waals surface area (Å²) in [5, 5.41) is 5.02. The number of anilines is 3. The van der Waals surface area contributed by atoms with E-state index in [-0.39, 0.29) is 0 Å². The number of nitrogens with zero attached hydrogens (tertiary/aromatic N) is 1. The molecule has 10 aromatic rings. The van der Waals surface area contributed by atoms with E-state index in [4.69, 9.17) is 0 Å². The predicted molar refractivity (Wildman–Crippen MR) is 243 cm³/mol. The van der Waals surface area contributed by atoms with E-state index in [1.807, 2.05) is 0 Å². The lowest BCUT2D eigenvalue weighted by molar-refractivity contribution is 1.28. The zero-order valence-electron chi connectivity index (χ0n) is 31.5. The second-order valence-electron chi connectivity index (χ2n) is 14.6. The monoisotopic (exact) mass is 725 g/mol. The molecule has 0 bridgehead atoms. The zero-order chi connectivity index (χ0) is 38.0. The fraction of sp³-hybridized carbons (Fsp3) is 0. The molecule has 1 heteroatoms. The SMILES string of the molecule is c1ccc(-c2ccc(N(c3ccc(-c4ccc(-c5ccc6ccccc6c5)cc4)cc3)c3ccc(-c4ccc5ccccc5c4-c4ccccc4)cc3)cc2)cc1. The third kappa shape index (κ3) is 6.77. The van der Waals surface area contributed by atoms with Gasteiger partial charge in [0.25, 0.3) is 0 Å². The van der Waals surface area contributed by atoms with Gasteiger partial charge in [-0.1, -0.05) is 194 Å². The summed E-state index contributed by atoms with van der Waals surface area (Å²) in [7, 11) is 0. The molecule has 0 aliphatic rings. The van der Waals surface area contributed by atoms with Gasteiger partial charge in [-0.2, -0.15) is 0 Å². The highest BCUT2D eigenvalue weighted by Crippen LogP contribution is 2.41. The molecule has 0 heterocycles. The van der Waals surface area contributed by atoms with E-state index in [9.17, 15) is 0 Å². The fourth-order valence-electron chi connectivity index (χ4n) is 8.13. The van der Waals surface area contributed by atoms with Gasteiger partial charge in [0, 0.05) is 17.1 Å². The average Bonchev–Trinajstić information content (AvgIpc) is 3.30. The molecule has 0 saturated carbocycles. The molecule has 0 N–H and O–H groups in total. The highest BCUT2D eigenvalue weighted by atomic mass is 15.1. The number of fused-ring (bicyclic) bond motifs is 2. The summed E-state index contributed by atoms with van der Waals surface area (Å²) in [5.74, 6) is 0. The van der Waals surface area contributed by atoms with Crippen molar-refractivity contribution in [1.29, 1.82) is 0 Å². The minimum Gasteiger partial charge on any atom is -0.311 e. The summed E-state index contributed by atoms with van der Waals surface area (Å²) < 4.78 is 0. The maximum absolute atomic E-state index is 2.35. The lowest BCUT2D eigenvalue weighted by atomic mass is 9.90. The van der Waals surface area contributed by atoms with Crippen molar-refractivity contribution in [1.82, 2.24) is 0 Å². The van der Waals surface area contributed by atoms with Gasteiger partial charge < -0.3 is 4.90 Å². The summed E-state index contributed by atoms with van der Waals surface area (Å²) in [4.78, 5) is 2.35. The van der Waals surface area contributed by atoms with E-state index in [1.54, 1.807) is 0 Å². The van der Waals surface area contributed by atoms with E-state index < -0.39 is 0 Å². The van der Waals surface area contributed by atoms with E-state index in [0.29, 0.717) is 0 Å². The zero-order valence-corrected chi connectivity index (χ0v) is 31.5. The van der Waals surface area contributed by atoms with Gasteiger partial charge in [-0.15, -0.1) is 0 Å². The van der Waals surface area contributed by atoms with Gasteiger partial charge in [0.2, 0.25) is 0 Å². The molecule has 0 aliphatic heterocycles. The van der Waals surface area contributed by atoms with Crippen LogP contribution in [0.5, 0.6) is 0 Å². The minimum absolute atomic E-state index is 1.10. The quantitative estimate of drug-likeness (QED) is 0.151. The first kappa shape index (κ1) is 34.0. The summed E-state index contributed by atoms with van der Waals surface area (Å²) in [6.07, 6.45) is 0. The van der Waals surface area contributed by atoms with E-state index in [0.717, 1.165) is 17.1 Å². The van der Waals surface area contributed by atoms with Gasteiger partial charge in [0.05, 0.1) is 0 Å². The molecule has 0 radical (unpaired) electrons. The summed E-state index contributed by atoms with van der Waals surface area (Å²) in [6, 6.07) is 85.5. The Bertz CT molecular complexity index is 2950. The van der Waals surface area contributed by atoms with Crippen molar-refractivity contribution in [2.45, 2.75) is 0 Å². The Morgan fingerprint density at radius 2 is 0.614 bits per heavy atom.